The first kappa shape index (κ1) is 19.1. The van der Waals surface area contributed by atoms with Crippen molar-refractivity contribution in [1.29, 1.82) is 0 Å². The molecule has 0 saturated carbocycles. The third-order valence-corrected chi connectivity index (χ3v) is 6.78. The molecule has 1 aromatic carbocycles. The van der Waals surface area contributed by atoms with Gasteiger partial charge >= 0.3 is 0 Å². The summed E-state index contributed by atoms with van der Waals surface area (Å²) in [6.45, 7) is 3.70. The molecule has 1 N–H and O–H groups in total. The van der Waals surface area contributed by atoms with Crippen molar-refractivity contribution in [1.82, 2.24) is 9.88 Å². The van der Waals surface area contributed by atoms with Gasteiger partial charge in [0, 0.05) is 23.5 Å². The Bertz CT molecular complexity index is 881. The van der Waals surface area contributed by atoms with Crippen LogP contribution in [0.1, 0.15) is 25.5 Å². The molecule has 0 unspecified atom stereocenters. The number of hydrogen-bond donors (Lipinski definition) is 1. The summed E-state index contributed by atoms with van der Waals surface area (Å²) in [5.41, 5.74) is 0.576. The Kier molecular flexibility index (Phi) is 5.84. The number of anilines is 1. The maximum Gasteiger partial charge on any atom is 0.263 e. The summed E-state index contributed by atoms with van der Waals surface area (Å²) >= 11 is 6.95. The Balaban J connectivity index is 1.64. The number of halogens is 1. The van der Waals surface area contributed by atoms with Crippen LogP contribution in [-0.4, -0.2) is 37.3 Å². The standard InChI is InChI=1S/C17H20ClN3O3S2/c1-12-3-2-8-21(10-12)16(22)9-14-11-25-17(19-14)20-26(23,24)15-6-4-13(18)5-7-15/h4-7,11-12H,2-3,8-10H2,1H3,(H,19,20)/t12-/m0/s1. The first-order chi connectivity index (χ1) is 12.3. The second kappa shape index (κ2) is 7.94. The summed E-state index contributed by atoms with van der Waals surface area (Å²) in [5.74, 6) is 0.554. The van der Waals surface area contributed by atoms with E-state index in [1.165, 1.54) is 35.6 Å². The monoisotopic (exact) mass is 413 g/mol. The van der Waals surface area contributed by atoms with Crippen LogP contribution >= 0.6 is 22.9 Å². The molecule has 1 amide bonds. The van der Waals surface area contributed by atoms with E-state index in [0.717, 1.165) is 25.9 Å². The molecule has 1 fully saturated rings. The number of hydrogen-bond acceptors (Lipinski definition) is 5. The number of carbonyl (C=O) groups is 1. The average Bonchev–Trinajstić information content (AvgIpc) is 3.01. The third kappa shape index (κ3) is 4.75. The predicted octanol–water partition coefficient (Wildman–Crippen LogP) is 3.40. The van der Waals surface area contributed by atoms with Gasteiger partial charge in [-0.05, 0) is 43.0 Å². The number of sulfonamides is 1. The molecule has 1 saturated heterocycles. The Morgan fingerprint density at radius 1 is 1.38 bits per heavy atom. The van der Waals surface area contributed by atoms with E-state index in [0.29, 0.717) is 16.6 Å². The topological polar surface area (TPSA) is 79.4 Å². The lowest BCUT2D eigenvalue weighted by atomic mass is 10.00. The molecule has 0 spiro atoms. The van der Waals surface area contributed by atoms with E-state index in [4.69, 9.17) is 11.6 Å². The van der Waals surface area contributed by atoms with Gasteiger partial charge in [0.1, 0.15) is 0 Å². The molecule has 140 valence electrons. The number of aromatic nitrogens is 1. The summed E-state index contributed by atoms with van der Waals surface area (Å²) in [7, 11) is -3.73. The second-order valence-electron chi connectivity index (χ2n) is 6.47. The van der Waals surface area contributed by atoms with E-state index >= 15 is 0 Å². The molecule has 0 aliphatic carbocycles. The minimum Gasteiger partial charge on any atom is -0.342 e. The lowest BCUT2D eigenvalue weighted by molar-refractivity contribution is -0.132. The fraction of sp³-hybridized carbons (Fsp3) is 0.412. The van der Waals surface area contributed by atoms with Crippen molar-refractivity contribution in [2.45, 2.75) is 31.1 Å². The van der Waals surface area contributed by atoms with Gasteiger partial charge in [0.25, 0.3) is 10.0 Å². The minimum absolute atomic E-state index is 0.0361. The lowest BCUT2D eigenvalue weighted by Crippen LogP contribution is -2.39. The molecule has 6 nitrogen and oxygen atoms in total. The zero-order valence-electron chi connectivity index (χ0n) is 14.3. The summed E-state index contributed by atoms with van der Waals surface area (Å²) in [5, 5.41) is 2.42. The van der Waals surface area contributed by atoms with Crippen LogP contribution in [0.4, 0.5) is 5.13 Å². The van der Waals surface area contributed by atoms with Crippen molar-refractivity contribution >= 4 is 44.0 Å². The van der Waals surface area contributed by atoms with Crippen LogP contribution in [0, 0.1) is 5.92 Å². The van der Waals surface area contributed by atoms with Gasteiger partial charge in [-0.25, -0.2) is 13.4 Å². The fourth-order valence-electron chi connectivity index (χ4n) is 2.91. The molecule has 2 aromatic rings. The molecule has 26 heavy (non-hydrogen) atoms. The number of carbonyl (C=O) groups excluding carboxylic acids is 1. The molecule has 1 aromatic heterocycles. The first-order valence-electron chi connectivity index (χ1n) is 8.34. The Morgan fingerprint density at radius 3 is 2.81 bits per heavy atom. The predicted molar refractivity (Wildman–Crippen MR) is 103 cm³/mol. The summed E-state index contributed by atoms with van der Waals surface area (Å²) in [4.78, 5) is 18.6. The second-order valence-corrected chi connectivity index (χ2v) is 9.44. The van der Waals surface area contributed by atoms with Gasteiger partial charge in [0.05, 0.1) is 17.0 Å². The third-order valence-electron chi connectivity index (χ3n) is 4.24. The molecular formula is C17H20ClN3O3S2. The SMILES string of the molecule is C[C@H]1CCCN(C(=O)Cc2csc(NS(=O)(=O)c3ccc(Cl)cc3)n2)C1. The van der Waals surface area contributed by atoms with E-state index in [1.807, 2.05) is 4.90 Å². The van der Waals surface area contributed by atoms with Crippen LogP contribution in [0.3, 0.4) is 0 Å². The van der Waals surface area contributed by atoms with Crippen LogP contribution in [0.2, 0.25) is 5.02 Å². The highest BCUT2D eigenvalue weighted by atomic mass is 35.5. The van der Waals surface area contributed by atoms with Gasteiger partial charge in [0.2, 0.25) is 5.91 Å². The molecule has 1 atom stereocenters. The van der Waals surface area contributed by atoms with E-state index < -0.39 is 10.0 Å². The number of nitrogens with zero attached hydrogens (tertiary/aromatic N) is 2. The van der Waals surface area contributed by atoms with Gasteiger partial charge in [-0.15, -0.1) is 11.3 Å². The summed E-state index contributed by atoms with van der Waals surface area (Å²) in [6.07, 6.45) is 2.36. The number of piperidine rings is 1. The smallest absolute Gasteiger partial charge is 0.263 e. The van der Waals surface area contributed by atoms with Crippen molar-refractivity contribution in [3.63, 3.8) is 0 Å². The van der Waals surface area contributed by atoms with E-state index in [9.17, 15) is 13.2 Å². The summed E-state index contributed by atoms with van der Waals surface area (Å²) in [6, 6.07) is 5.89. The molecule has 2 heterocycles. The number of amides is 1. The highest BCUT2D eigenvalue weighted by Crippen LogP contribution is 2.22. The van der Waals surface area contributed by atoms with Gasteiger partial charge in [-0.2, -0.15) is 0 Å². The largest absolute Gasteiger partial charge is 0.342 e. The van der Waals surface area contributed by atoms with E-state index in [2.05, 4.69) is 16.6 Å². The molecule has 1 aliphatic heterocycles. The number of benzene rings is 1. The maximum atomic E-state index is 12.4. The van der Waals surface area contributed by atoms with Crippen LogP contribution in [-0.2, 0) is 21.2 Å². The van der Waals surface area contributed by atoms with Crippen LogP contribution in [0.5, 0.6) is 0 Å². The molecular weight excluding hydrogens is 394 g/mol. The Hall–Kier alpha value is -1.64. The van der Waals surface area contributed by atoms with Crippen molar-refractivity contribution < 1.29 is 13.2 Å². The molecule has 0 bridgehead atoms. The fourth-order valence-corrected chi connectivity index (χ4v) is 4.99. The molecule has 0 radical (unpaired) electrons. The molecule has 9 heteroatoms. The van der Waals surface area contributed by atoms with Crippen LogP contribution in [0.15, 0.2) is 34.5 Å². The van der Waals surface area contributed by atoms with Crippen molar-refractivity contribution in [3.05, 3.63) is 40.4 Å². The number of likely N-dealkylation sites (tertiary alicyclic amines) is 1. The minimum atomic E-state index is -3.73. The van der Waals surface area contributed by atoms with Crippen LogP contribution in [0.25, 0.3) is 0 Å². The normalized spacial score (nSPS) is 17.9. The average molecular weight is 414 g/mol. The highest BCUT2D eigenvalue weighted by molar-refractivity contribution is 7.93. The van der Waals surface area contributed by atoms with Gasteiger partial charge in [-0.1, -0.05) is 18.5 Å². The summed E-state index contributed by atoms with van der Waals surface area (Å²) < 4.78 is 27.2. The Labute approximate surface area is 162 Å². The van der Waals surface area contributed by atoms with Gasteiger partial charge in [0.15, 0.2) is 5.13 Å². The maximum absolute atomic E-state index is 12.4. The van der Waals surface area contributed by atoms with Crippen molar-refractivity contribution in [3.8, 4) is 0 Å². The van der Waals surface area contributed by atoms with Gasteiger partial charge in [-0.3, -0.25) is 9.52 Å². The zero-order chi connectivity index (χ0) is 18.7. The van der Waals surface area contributed by atoms with E-state index in [-0.39, 0.29) is 22.4 Å². The Morgan fingerprint density at radius 2 is 2.12 bits per heavy atom. The van der Waals surface area contributed by atoms with E-state index in [1.54, 1.807) is 5.38 Å². The van der Waals surface area contributed by atoms with Crippen LogP contribution < -0.4 is 4.72 Å². The molecule has 1 aliphatic rings. The van der Waals surface area contributed by atoms with Crippen molar-refractivity contribution in [2.75, 3.05) is 17.8 Å². The number of thiazole rings is 1. The molecule has 3 rings (SSSR count). The quantitative estimate of drug-likeness (QED) is 0.814. The number of nitrogens with one attached hydrogen (secondary N) is 1. The first-order valence-corrected chi connectivity index (χ1v) is 11.1. The van der Waals surface area contributed by atoms with Crippen molar-refractivity contribution in [2.24, 2.45) is 5.92 Å². The number of rotatable bonds is 5. The van der Waals surface area contributed by atoms with Gasteiger partial charge < -0.3 is 4.90 Å². The highest BCUT2D eigenvalue weighted by Gasteiger charge is 2.22. The zero-order valence-corrected chi connectivity index (χ0v) is 16.7. The lowest BCUT2D eigenvalue weighted by Gasteiger charge is -2.30.